The Kier molecular flexibility index (Phi) is 5.83. The molecule has 0 saturated heterocycles. The van der Waals surface area contributed by atoms with E-state index in [1.54, 1.807) is 0 Å². The number of benzene rings is 1. The zero-order valence-electron chi connectivity index (χ0n) is 11.5. The molecule has 1 amide bonds. The number of hydrogen-bond acceptors (Lipinski definition) is 4. The molecular formula is C13H19ClN2O3S. The van der Waals surface area contributed by atoms with Crippen molar-refractivity contribution in [1.29, 1.82) is 0 Å². The zero-order valence-corrected chi connectivity index (χ0v) is 13.1. The summed E-state index contributed by atoms with van der Waals surface area (Å²) in [6.07, 6.45) is 1.51. The molecule has 0 aromatic heterocycles. The van der Waals surface area contributed by atoms with E-state index in [-0.39, 0.29) is 16.6 Å². The highest BCUT2D eigenvalue weighted by molar-refractivity contribution is 7.92. The van der Waals surface area contributed by atoms with Crippen LogP contribution >= 0.6 is 11.6 Å². The van der Waals surface area contributed by atoms with Crippen LogP contribution in [-0.2, 0) is 14.6 Å². The summed E-state index contributed by atoms with van der Waals surface area (Å²) in [5, 5.41) is 3.04. The maximum Gasteiger partial charge on any atom is 0.235 e. The minimum absolute atomic E-state index is 0.0136. The van der Waals surface area contributed by atoms with Gasteiger partial charge in [-0.1, -0.05) is 25.4 Å². The van der Waals surface area contributed by atoms with Crippen molar-refractivity contribution in [1.82, 2.24) is 5.32 Å². The lowest BCUT2D eigenvalue weighted by Crippen LogP contribution is -2.37. The Hall–Kier alpha value is -1.27. The predicted octanol–water partition coefficient (Wildman–Crippen LogP) is 2.00. The summed E-state index contributed by atoms with van der Waals surface area (Å²) in [4.78, 5) is 11.7. The molecular weight excluding hydrogens is 300 g/mol. The van der Waals surface area contributed by atoms with E-state index in [1.807, 2.05) is 13.8 Å². The van der Waals surface area contributed by atoms with Crippen LogP contribution < -0.4 is 11.1 Å². The summed E-state index contributed by atoms with van der Waals surface area (Å²) in [5.41, 5.74) is 5.69. The van der Waals surface area contributed by atoms with E-state index < -0.39 is 21.5 Å². The number of nitrogens with two attached hydrogens (primary N) is 1. The lowest BCUT2D eigenvalue weighted by atomic mass is 10.2. The third kappa shape index (κ3) is 4.38. The van der Waals surface area contributed by atoms with E-state index in [0.717, 1.165) is 12.8 Å². The van der Waals surface area contributed by atoms with Gasteiger partial charge in [0.15, 0.2) is 9.84 Å². The average molecular weight is 319 g/mol. The van der Waals surface area contributed by atoms with Gasteiger partial charge < -0.3 is 11.1 Å². The second kappa shape index (κ2) is 6.95. The van der Waals surface area contributed by atoms with Gasteiger partial charge in [-0.05, 0) is 31.0 Å². The molecule has 0 radical (unpaired) electrons. The van der Waals surface area contributed by atoms with Gasteiger partial charge in [0.1, 0.15) is 5.75 Å². The standard InChI is InChI=1S/C13H19ClN2O3S/c1-3-10(4-2)16-13(17)8-20(18,19)12-6-5-9(14)7-11(12)15/h5-7,10H,3-4,8,15H2,1-2H3,(H,16,17). The Labute approximate surface area is 124 Å². The van der Waals surface area contributed by atoms with Gasteiger partial charge in [0.05, 0.1) is 10.6 Å². The average Bonchev–Trinajstić information content (AvgIpc) is 2.34. The molecule has 0 aliphatic heterocycles. The summed E-state index contributed by atoms with van der Waals surface area (Å²) in [5.74, 6) is -1.14. The molecule has 112 valence electrons. The van der Waals surface area contributed by atoms with Gasteiger partial charge in [0.25, 0.3) is 0 Å². The van der Waals surface area contributed by atoms with E-state index in [0.29, 0.717) is 5.02 Å². The number of halogens is 1. The van der Waals surface area contributed by atoms with Gasteiger partial charge in [-0.25, -0.2) is 8.42 Å². The second-order valence-corrected chi connectivity index (χ2v) is 6.92. The summed E-state index contributed by atoms with van der Waals surface area (Å²) in [6, 6.07) is 4.09. The van der Waals surface area contributed by atoms with E-state index >= 15 is 0 Å². The summed E-state index contributed by atoms with van der Waals surface area (Å²) in [6.45, 7) is 3.86. The SMILES string of the molecule is CCC(CC)NC(=O)CS(=O)(=O)c1ccc(Cl)cc1N. The highest BCUT2D eigenvalue weighted by Gasteiger charge is 2.22. The van der Waals surface area contributed by atoms with Crippen molar-refractivity contribution >= 4 is 33.0 Å². The summed E-state index contributed by atoms with van der Waals surface area (Å²) in [7, 11) is -3.76. The summed E-state index contributed by atoms with van der Waals surface area (Å²) >= 11 is 5.73. The first kappa shape index (κ1) is 16.8. The van der Waals surface area contributed by atoms with Crippen molar-refractivity contribution in [3.63, 3.8) is 0 Å². The fourth-order valence-corrected chi connectivity index (χ4v) is 3.27. The Morgan fingerprint density at radius 3 is 2.45 bits per heavy atom. The number of carbonyl (C=O) groups is 1. The predicted molar refractivity (Wildman–Crippen MR) is 80.4 cm³/mol. The lowest BCUT2D eigenvalue weighted by molar-refractivity contribution is -0.119. The number of nitrogens with one attached hydrogen (secondary N) is 1. The van der Waals surface area contributed by atoms with E-state index in [1.165, 1.54) is 18.2 Å². The Balaban J connectivity index is 2.87. The Bertz CT molecular complexity index is 583. The van der Waals surface area contributed by atoms with Crippen LogP contribution in [0.1, 0.15) is 26.7 Å². The van der Waals surface area contributed by atoms with Crippen LogP contribution in [0.3, 0.4) is 0 Å². The minimum Gasteiger partial charge on any atom is -0.398 e. The molecule has 0 saturated carbocycles. The topological polar surface area (TPSA) is 89.3 Å². The molecule has 20 heavy (non-hydrogen) atoms. The van der Waals surface area contributed by atoms with Crippen LogP contribution in [0.15, 0.2) is 23.1 Å². The molecule has 5 nitrogen and oxygen atoms in total. The smallest absolute Gasteiger partial charge is 0.235 e. The number of sulfone groups is 1. The first-order chi connectivity index (χ1) is 9.30. The van der Waals surface area contributed by atoms with Crippen molar-refractivity contribution in [3.8, 4) is 0 Å². The van der Waals surface area contributed by atoms with Crippen LogP contribution in [0, 0.1) is 0 Å². The maximum atomic E-state index is 12.1. The fourth-order valence-electron chi connectivity index (χ4n) is 1.82. The number of carbonyl (C=O) groups excluding carboxylic acids is 1. The van der Waals surface area contributed by atoms with Crippen molar-refractivity contribution in [3.05, 3.63) is 23.2 Å². The Morgan fingerprint density at radius 2 is 1.95 bits per heavy atom. The molecule has 1 aromatic rings. The first-order valence-electron chi connectivity index (χ1n) is 6.37. The van der Waals surface area contributed by atoms with Crippen LogP contribution in [0.2, 0.25) is 5.02 Å². The van der Waals surface area contributed by atoms with Crippen LogP contribution in [0.25, 0.3) is 0 Å². The van der Waals surface area contributed by atoms with Crippen molar-refractivity contribution in [2.24, 2.45) is 0 Å². The number of hydrogen-bond donors (Lipinski definition) is 2. The van der Waals surface area contributed by atoms with Crippen LogP contribution in [-0.4, -0.2) is 26.1 Å². The highest BCUT2D eigenvalue weighted by atomic mass is 35.5. The molecule has 0 atom stereocenters. The molecule has 1 aromatic carbocycles. The molecule has 1 rings (SSSR count). The van der Waals surface area contributed by atoms with Gasteiger partial charge in [0, 0.05) is 11.1 Å². The molecule has 0 heterocycles. The van der Waals surface area contributed by atoms with Crippen molar-refractivity contribution < 1.29 is 13.2 Å². The van der Waals surface area contributed by atoms with Gasteiger partial charge in [-0.2, -0.15) is 0 Å². The maximum absolute atomic E-state index is 12.1. The molecule has 0 aliphatic rings. The minimum atomic E-state index is -3.76. The van der Waals surface area contributed by atoms with Gasteiger partial charge in [0.2, 0.25) is 5.91 Å². The number of nitrogen functional groups attached to an aromatic ring is 1. The molecule has 3 N–H and O–H groups in total. The Morgan fingerprint density at radius 1 is 1.35 bits per heavy atom. The second-order valence-electron chi connectivity index (χ2n) is 4.52. The molecule has 0 bridgehead atoms. The lowest BCUT2D eigenvalue weighted by Gasteiger charge is -2.15. The third-order valence-electron chi connectivity index (χ3n) is 2.98. The van der Waals surface area contributed by atoms with Gasteiger partial charge in [-0.3, -0.25) is 4.79 Å². The molecule has 0 aliphatic carbocycles. The van der Waals surface area contributed by atoms with Crippen molar-refractivity contribution in [2.45, 2.75) is 37.6 Å². The summed E-state index contributed by atoms with van der Waals surface area (Å²) < 4.78 is 24.3. The molecule has 0 unspecified atom stereocenters. The van der Waals surface area contributed by atoms with Crippen molar-refractivity contribution in [2.75, 3.05) is 11.5 Å². The third-order valence-corrected chi connectivity index (χ3v) is 4.90. The molecule has 0 fully saturated rings. The fraction of sp³-hybridized carbons (Fsp3) is 0.462. The first-order valence-corrected chi connectivity index (χ1v) is 8.40. The molecule has 7 heteroatoms. The largest absolute Gasteiger partial charge is 0.398 e. The van der Waals surface area contributed by atoms with E-state index in [4.69, 9.17) is 17.3 Å². The van der Waals surface area contributed by atoms with E-state index in [9.17, 15) is 13.2 Å². The van der Waals surface area contributed by atoms with E-state index in [2.05, 4.69) is 5.32 Å². The zero-order chi connectivity index (χ0) is 15.3. The quantitative estimate of drug-likeness (QED) is 0.785. The monoisotopic (exact) mass is 318 g/mol. The number of amides is 1. The van der Waals surface area contributed by atoms with Gasteiger partial charge >= 0.3 is 0 Å². The number of anilines is 1. The highest BCUT2D eigenvalue weighted by Crippen LogP contribution is 2.23. The van der Waals surface area contributed by atoms with Gasteiger partial charge in [-0.15, -0.1) is 0 Å². The number of rotatable bonds is 6. The van der Waals surface area contributed by atoms with Crippen LogP contribution in [0.5, 0.6) is 0 Å². The normalized spacial score (nSPS) is 11.6. The van der Waals surface area contributed by atoms with Crippen LogP contribution in [0.4, 0.5) is 5.69 Å². The molecule has 0 spiro atoms.